The number of hydrazine groups is 1. The lowest BCUT2D eigenvalue weighted by Crippen LogP contribution is -2.28. The summed E-state index contributed by atoms with van der Waals surface area (Å²) in [6, 6.07) is 3.22. The molecule has 0 atom stereocenters. The number of nitrogens with two attached hydrogens (primary N) is 1. The average Bonchev–Trinajstić information content (AvgIpc) is 2.77. The number of hydrogen-bond acceptors (Lipinski definition) is 5. The van der Waals surface area contributed by atoms with E-state index in [1.54, 1.807) is 12.1 Å². The Kier molecular flexibility index (Phi) is 3.22. The number of aromatic nitrogens is 2. The molecular formula is C13H21N5O. The molecule has 1 fully saturated rings. The van der Waals surface area contributed by atoms with Gasteiger partial charge in [0.2, 0.25) is 0 Å². The highest BCUT2D eigenvalue weighted by atomic mass is 16.1. The van der Waals surface area contributed by atoms with Crippen LogP contribution in [0.3, 0.4) is 0 Å². The second-order valence-electron chi connectivity index (χ2n) is 6.15. The van der Waals surface area contributed by atoms with Crippen molar-refractivity contribution in [2.45, 2.75) is 27.7 Å². The normalized spacial score (nSPS) is 19.8. The first-order chi connectivity index (χ1) is 8.80. The van der Waals surface area contributed by atoms with Crippen LogP contribution in [0.1, 0.15) is 38.2 Å². The topological polar surface area (TPSA) is 92.9 Å². The molecule has 1 aliphatic carbocycles. The van der Waals surface area contributed by atoms with E-state index in [0.717, 1.165) is 0 Å². The van der Waals surface area contributed by atoms with E-state index in [0.29, 0.717) is 24.0 Å². The minimum absolute atomic E-state index is 0.199. The van der Waals surface area contributed by atoms with Crippen molar-refractivity contribution in [3.63, 3.8) is 0 Å². The van der Waals surface area contributed by atoms with Crippen LogP contribution in [-0.2, 0) is 0 Å². The van der Waals surface area contributed by atoms with Crippen molar-refractivity contribution >= 4 is 11.7 Å². The van der Waals surface area contributed by atoms with Gasteiger partial charge < -0.3 is 10.7 Å². The maximum Gasteiger partial charge on any atom is 0.271 e. The predicted molar refractivity (Wildman–Crippen MR) is 73.2 cm³/mol. The summed E-state index contributed by atoms with van der Waals surface area (Å²) in [4.78, 5) is 11.9. The number of nitrogens with one attached hydrogen (secondary N) is 2. The van der Waals surface area contributed by atoms with Gasteiger partial charge >= 0.3 is 0 Å². The molecule has 1 aromatic rings. The van der Waals surface area contributed by atoms with Crippen molar-refractivity contribution in [3.05, 3.63) is 17.8 Å². The second-order valence-corrected chi connectivity index (χ2v) is 6.15. The summed E-state index contributed by atoms with van der Waals surface area (Å²) >= 11 is 0. The van der Waals surface area contributed by atoms with E-state index < -0.39 is 0 Å². The molecule has 104 valence electrons. The Balaban J connectivity index is 1.92. The standard InChI is InChI=1S/C13H21N5O/c1-12(2)9(13(12,3)4)7-15-11(19)8-5-6-10(16-14)18-17-8/h5-6,9H,7,14H2,1-4H3,(H,15,19)(H,16,18). The van der Waals surface area contributed by atoms with Gasteiger partial charge in [0.1, 0.15) is 0 Å². The Labute approximate surface area is 113 Å². The fraction of sp³-hybridized carbons (Fsp3) is 0.615. The van der Waals surface area contributed by atoms with Gasteiger partial charge in [-0.15, -0.1) is 10.2 Å². The first kappa shape index (κ1) is 13.7. The maximum absolute atomic E-state index is 11.9. The van der Waals surface area contributed by atoms with Crippen molar-refractivity contribution in [1.82, 2.24) is 15.5 Å². The molecule has 19 heavy (non-hydrogen) atoms. The SMILES string of the molecule is CC1(C)C(CNC(=O)c2ccc(NN)nn2)C1(C)C. The second kappa shape index (κ2) is 4.45. The van der Waals surface area contributed by atoms with Gasteiger partial charge in [0.25, 0.3) is 5.91 Å². The lowest BCUT2D eigenvalue weighted by atomic mass is 10.0. The van der Waals surface area contributed by atoms with Gasteiger partial charge in [-0.05, 0) is 28.9 Å². The Morgan fingerprint density at radius 1 is 1.26 bits per heavy atom. The third kappa shape index (κ3) is 2.28. The quantitative estimate of drug-likeness (QED) is 0.560. The Morgan fingerprint density at radius 2 is 1.89 bits per heavy atom. The molecule has 1 saturated carbocycles. The van der Waals surface area contributed by atoms with E-state index in [1.165, 1.54) is 0 Å². The Morgan fingerprint density at radius 3 is 2.32 bits per heavy atom. The monoisotopic (exact) mass is 263 g/mol. The van der Waals surface area contributed by atoms with Crippen LogP contribution < -0.4 is 16.6 Å². The lowest BCUT2D eigenvalue weighted by Gasteiger charge is -2.06. The predicted octanol–water partition coefficient (Wildman–Crippen LogP) is 1.17. The molecule has 1 amide bonds. The average molecular weight is 263 g/mol. The number of hydrogen-bond donors (Lipinski definition) is 3. The van der Waals surface area contributed by atoms with Crippen molar-refractivity contribution in [2.75, 3.05) is 12.0 Å². The maximum atomic E-state index is 11.9. The highest BCUT2D eigenvalue weighted by Gasteiger charge is 2.64. The molecule has 1 heterocycles. The number of amides is 1. The van der Waals surface area contributed by atoms with Crippen LogP contribution in [0, 0.1) is 16.7 Å². The number of nitrogen functional groups attached to an aromatic ring is 1. The molecule has 4 N–H and O–H groups in total. The zero-order chi connectivity index (χ0) is 14.3. The molecule has 0 spiro atoms. The van der Waals surface area contributed by atoms with E-state index in [9.17, 15) is 4.79 Å². The van der Waals surface area contributed by atoms with Gasteiger partial charge in [-0.25, -0.2) is 5.84 Å². The number of anilines is 1. The highest BCUT2D eigenvalue weighted by molar-refractivity contribution is 5.92. The summed E-state index contributed by atoms with van der Waals surface area (Å²) in [6.07, 6.45) is 0. The molecule has 0 aromatic carbocycles. The third-order valence-electron chi connectivity index (χ3n) is 4.83. The first-order valence-electron chi connectivity index (χ1n) is 6.39. The molecule has 0 radical (unpaired) electrons. The molecule has 0 bridgehead atoms. The molecule has 6 nitrogen and oxygen atoms in total. The van der Waals surface area contributed by atoms with Crippen molar-refractivity contribution in [2.24, 2.45) is 22.6 Å². The van der Waals surface area contributed by atoms with Crippen LogP contribution in [0.4, 0.5) is 5.82 Å². The van der Waals surface area contributed by atoms with Crippen molar-refractivity contribution < 1.29 is 4.79 Å². The van der Waals surface area contributed by atoms with E-state index in [1.807, 2.05) is 0 Å². The molecule has 1 aromatic heterocycles. The van der Waals surface area contributed by atoms with E-state index >= 15 is 0 Å². The molecular weight excluding hydrogens is 242 g/mol. The van der Waals surface area contributed by atoms with Gasteiger partial charge in [-0.1, -0.05) is 27.7 Å². The van der Waals surface area contributed by atoms with Crippen molar-refractivity contribution in [3.8, 4) is 0 Å². The minimum atomic E-state index is -0.199. The van der Waals surface area contributed by atoms with Gasteiger partial charge in [0.15, 0.2) is 11.5 Å². The Hall–Kier alpha value is -1.69. The molecule has 2 rings (SSSR count). The minimum Gasteiger partial charge on any atom is -0.350 e. The molecule has 0 aliphatic heterocycles. The summed E-state index contributed by atoms with van der Waals surface area (Å²) < 4.78 is 0. The van der Waals surface area contributed by atoms with Gasteiger partial charge in [-0.2, -0.15) is 0 Å². The summed E-state index contributed by atoms with van der Waals surface area (Å²) in [5.41, 5.74) is 3.20. The van der Waals surface area contributed by atoms with Crippen LogP contribution in [0.2, 0.25) is 0 Å². The van der Waals surface area contributed by atoms with Gasteiger partial charge in [-0.3, -0.25) is 4.79 Å². The van der Waals surface area contributed by atoms with Crippen LogP contribution in [0.5, 0.6) is 0 Å². The molecule has 0 saturated heterocycles. The third-order valence-corrected chi connectivity index (χ3v) is 4.83. The zero-order valence-corrected chi connectivity index (χ0v) is 11.8. The number of nitrogens with zero attached hydrogens (tertiary/aromatic N) is 2. The van der Waals surface area contributed by atoms with Crippen LogP contribution in [0.15, 0.2) is 12.1 Å². The highest BCUT2D eigenvalue weighted by Crippen LogP contribution is 2.67. The zero-order valence-electron chi connectivity index (χ0n) is 11.8. The van der Waals surface area contributed by atoms with Crippen LogP contribution >= 0.6 is 0 Å². The summed E-state index contributed by atoms with van der Waals surface area (Å²) in [5.74, 6) is 5.91. The lowest BCUT2D eigenvalue weighted by molar-refractivity contribution is 0.0944. The largest absolute Gasteiger partial charge is 0.350 e. The summed E-state index contributed by atoms with van der Waals surface area (Å²) in [5, 5.41) is 10.5. The Bertz CT molecular complexity index is 466. The fourth-order valence-electron chi connectivity index (χ4n) is 2.66. The van der Waals surface area contributed by atoms with E-state index in [-0.39, 0.29) is 16.7 Å². The smallest absolute Gasteiger partial charge is 0.271 e. The molecule has 6 heteroatoms. The fourth-order valence-corrected chi connectivity index (χ4v) is 2.66. The number of rotatable bonds is 4. The first-order valence-corrected chi connectivity index (χ1v) is 6.39. The van der Waals surface area contributed by atoms with Crippen LogP contribution in [-0.4, -0.2) is 22.6 Å². The van der Waals surface area contributed by atoms with Gasteiger partial charge in [0, 0.05) is 6.54 Å². The summed E-state index contributed by atoms with van der Waals surface area (Å²) in [7, 11) is 0. The van der Waals surface area contributed by atoms with Gasteiger partial charge in [0.05, 0.1) is 0 Å². The van der Waals surface area contributed by atoms with Crippen molar-refractivity contribution in [1.29, 1.82) is 0 Å². The summed E-state index contributed by atoms with van der Waals surface area (Å²) in [6.45, 7) is 9.57. The molecule has 1 aliphatic rings. The van der Waals surface area contributed by atoms with Crippen LogP contribution in [0.25, 0.3) is 0 Å². The number of carbonyl (C=O) groups is 1. The van der Waals surface area contributed by atoms with E-state index in [2.05, 4.69) is 48.6 Å². The van der Waals surface area contributed by atoms with E-state index in [4.69, 9.17) is 5.84 Å². The number of carbonyl (C=O) groups excluding carboxylic acids is 1. The molecule has 0 unspecified atom stereocenters.